The summed E-state index contributed by atoms with van der Waals surface area (Å²) in [6.45, 7) is 1.51. The highest BCUT2D eigenvalue weighted by Gasteiger charge is 2.19. The van der Waals surface area contributed by atoms with E-state index in [9.17, 15) is 14.4 Å². The third-order valence-corrected chi connectivity index (χ3v) is 5.36. The Morgan fingerprint density at radius 2 is 1.56 bits per heavy atom. The van der Waals surface area contributed by atoms with Crippen LogP contribution < -0.4 is 10.1 Å². The second-order valence-electron chi connectivity index (χ2n) is 7.46. The van der Waals surface area contributed by atoms with E-state index in [1.165, 1.54) is 6.92 Å². The van der Waals surface area contributed by atoms with Gasteiger partial charge in [0.1, 0.15) is 11.5 Å². The average Bonchev–Trinajstić information content (AvgIpc) is 2.82. The molecule has 0 aliphatic heterocycles. The van der Waals surface area contributed by atoms with Crippen LogP contribution in [0.4, 0.5) is 5.69 Å². The van der Waals surface area contributed by atoms with Crippen LogP contribution in [0, 0.1) is 0 Å². The second-order valence-corrected chi connectivity index (χ2v) is 8.31. The number of rotatable bonds is 10. The van der Waals surface area contributed by atoms with E-state index in [1.54, 1.807) is 60.7 Å². The summed E-state index contributed by atoms with van der Waals surface area (Å²) in [6.07, 6.45) is -0.475. The van der Waals surface area contributed by atoms with E-state index in [0.717, 1.165) is 0 Å². The SMILES string of the molecule is CC(OC(=O)CCCC(=O)Nc1ccc(Oc2ccccc2Cl)cc1)C(=O)c1ccc(Cl)cc1. The number of esters is 1. The second kappa shape index (κ2) is 12.2. The minimum atomic E-state index is -0.922. The van der Waals surface area contributed by atoms with Gasteiger partial charge in [-0.1, -0.05) is 35.3 Å². The van der Waals surface area contributed by atoms with Gasteiger partial charge in [0.15, 0.2) is 6.10 Å². The largest absolute Gasteiger partial charge is 0.456 e. The highest BCUT2D eigenvalue weighted by molar-refractivity contribution is 6.32. The van der Waals surface area contributed by atoms with E-state index in [2.05, 4.69) is 5.32 Å². The summed E-state index contributed by atoms with van der Waals surface area (Å²) < 4.78 is 10.9. The molecule has 0 heterocycles. The number of para-hydroxylation sites is 1. The molecule has 0 spiro atoms. The molecule has 6 nitrogen and oxygen atoms in total. The first kappa shape index (κ1) is 25.3. The predicted octanol–water partition coefficient (Wildman–Crippen LogP) is 6.71. The van der Waals surface area contributed by atoms with Gasteiger partial charge in [0, 0.05) is 29.1 Å². The van der Waals surface area contributed by atoms with Crippen LogP contribution in [0.3, 0.4) is 0 Å². The molecule has 0 radical (unpaired) electrons. The van der Waals surface area contributed by atoms with E-state index >= 15 is 0 Å². The van der Waals surface area contributed by atoms with Gasteiger partial charge in [-0.15, -0.1) is 0 Å². The number of amides is 1. The summed E-state index contributed by atoms with van der Waals surface area (Å²) in [7, 11) is 0. The van der Waals surface area contributed by atoms with Gasteiger partial charge >= 0.3 is 5.97 Å². The zero-order valence-corrected chi connectivity index (χ0v) is 19.9. The summed E-state index contributed by atoms with van der Waals surface area (Å²) in [4.78, 5) is 36.5. The maximum Gasteiger partial charge on any atom is 0.306 e. The number of Topliss-reactive ketones (excluding diaryl/α,β-unsaturated/α-hetero) is 1. The van der Waals surface area contributed by atoms with Crippen molar-refractivity contribution in [1.82, 2.24) is 0 Å². The van der Waals surface area contributed by atoms with Gasteiger partial charge < -0.3 is 14.8 Å². The topological polar surface area (TPSA) is 81.7 Å². The Hall–Kier alpha value is -3.35. The van der Waals surface area contributed by atoms with Crippen LogP contribution in [-0.2, 0) is 14.3 Å². The molecule has 1 unspecified atom stereocenters. The summed E-state index contributed by atoms with van der Waals surface area (Å²) >= 11 is 11.9. The lowest BCUT2D eigenvalue weighted by atomic mass is 10.1. The van der Waals surface area contributed by atoms with Crippen molar-refractivity contribution in [1.29, 1.82) is 0 Å². The number of ketones is 1. The maximum atomic E-state index is 12.3. The van der Waals surface area contributed by atoms with Crippen LogP contribution in [0.5, 0.6) is 11.5 Å². The van der Waals surface area contributed by atoms with Crippen LogP contribution in [0.25, 0.3) is 0 Å². The minimum absolute atomic E-state index is 0.0241. The standard InChI is InChI=1S/C26H23Cl2NO5/c1-17(26(32)18-9-11-19(27)12-10-18)33-25(31)8-4-7-24(30)29-20-13-15-21(16-14-20)34-23-6-3-2-5-22(23)28/h2-3,5-6,9-17H,4,7-8H2,1H3,(H,29,30). The van der Waals surface area contributed by atoms with Crippen molar-refractivity contribution in [2.45, 2.75) is 32.3 Å². The molecule has 0 aliphatic carbocycles. The molecular formula is C26H23Cl2NO5. The minimum Gasteiger partial charge on any atom is -0.456 e. The molecule has 1 N–H and O–H groups in total. The molecule has 0 fully saturated rings. The predicted molar refractivity (Wildman–Crippen MR) is 132 cm³/mol. The van der Waals surface area contributed by atoms with Gasteiger partial charge in [-0.25, -0.2) is 0 Å². The molecule has 3 aromatic carbocycles. The van der Waals surface area contributed by atoms with Crippen LogP contribution in [0.15, 0.2) is 72.8 Å². The Kier molecular flexibility index (Phi) is 9.08. The number of carbonyl (C=O) groups excluding carboxylic acids is 3. The molecule has 1 amide bonds. The molecule has 3 aromatic rings. The summed E-state index contributed by atoms with van der Waals surface area (Å²) in [5.41, 5.74) is 1.01. The Morgan fingerprint density at radius 1 is 0.882 bits per heavy atom. The molecule has 3 rings (SSSR count). The van der Waals surface area contributed by atoms with Gasteiger partial charge in [-0.2, -0.15) is 0 Å². The van der Waals surface area contributed by atoms with E-state index in [-0.39, 0.29) is 24.5 Å². The Bertz CT molecular complexity index is 1150. The zero-order valence-electron chi connectivity index (χ0n) is 18.4. The molecule has 0 bridgehead atoms. The van der Waals surface area contributed by atoms with Crippen LogP contribution in [0.2, 0.25) is 10.0 Å². The number of halogens is 2. The van der Waals surface area contributed by atoms with Gasteiger partial charge in [0.05, 0.1) is 5.02 Å². The molecule has 0 aliphatic rings. The number of benzene rings is 3. The van der Waals surface area contributed by atoms with Gasteiger partial charge in [0.25, 0.3) is 0 Å². The van der Waals surface area contributed by atoms with Gasteiger partial charge in [-0.05, 0) is 74.0 Å². The van der Waals surface area contributed by atoms with Crippen LogP contribution >= 0.6 is 23.2 Å². The lowest BCUT2D eigenvalue weighted by Crippen LogP contribution is -2.24. The van der Waals surface area contributed by atoms with Crippen molar-refractivity contribution in [3.05, 3.63) is 88.4 Å². The monoisotopic (exact) mass is 499 g/mol. The fraction of sp³-hybridized carbons (Fsp3) is 0.192. The quantitative estimate of drug-likeness (QED) is 0.247. The normalized spacial score (nSPS) is 11.4. The van der Waals surface area contributed by atoms with E-state index in [0.29, 0.717) is 39.2 Å². The van der Waals surface area contributed by atoms with Crippen molar-refractivity contribution >= 4 is 46.5 Å². The van der Waals surface area contributed by atoms with Crippen LogP contribution in [0.1, 0.15) is 36.5 Å². The number of nitrogens with one attached hydrogen (secondary N) is 1. The Labute approximate surface area is 207 Å². The summed E-state index contributed by atoms with van der Waals surface area (Å²) in [5, 5.41) is 3.78. The molecule has 0 saturated heterocycles. The maximum absolute atomic E-state index is 12.3. The van der Waals surface area contributed by atoms with Crippen molar-refractivity contribution in [2.24, 2.45) is 0 Å². The number of carbonyl (C=O) groups is 3. The van der Waals surface area contributed by atoms with E-state index in [4.69, 9.17) is 32.7 Å². The molecule has 1 atom stereocenters. The molecule has 176 valence electrons. The number of hydrogen-bond donors (Lipinski definition) is 1. The number of anilines is 1. The van der Waals surface area contributed by atoms with Crippen molar-refractivity contribution < 1.29 is 23.9 Å². The molecule has 8 heteroatoms. The number of hydrogen-bond acceptors (Lipinski definition) is 5. The highest BCUT2D eigenvalue weighted by atomic mass is 35.5. The first-order valence-electron chi connectivity index (χ1n) is 10.6. The smallest absolute Gasteiger partial charge is 0.306 e. The van der Waals surface area contributed by atoms with E-state index in [1.807, 2.05) is 12.1 Å². The third-order valence-electron chi connectivity index (χ3n) is 4.79. The molecule has 34 heavy (non-hydrogen) atoms. The first-order chi connectivity index (χ1) is 16.3. The molecule has 0 aromatic heterocycles. The fourth-order valence-corrected chi connectivity index (χ4v) is 3.34. The Morgan fingerprint density at radius 3 is 2.24 bits per heavy atom. The summed E-state index contributed by atoms with van der Waals surface area (Å²) in [6, 6.07) is 20.3. The van der Waals surface area contributed by atoms with Crippen LogP contribution in [-0.4, -0.2) is 23.8 Å². The lowest BCUT2D eigenvalue weighted by molar-refractivity contribution is -0.146. The molecular weight excluding hydrogens is 477 g/mol. The van der Waals surface area contributed by atoms with Crippen molar-refractivity contribution in [2.75, 3.05) is 5.32 Å². The van der Waals surface area contributed by atoms with Crippen molar-refractivity contribution in [3.8, 4) is 11.5 Å². The Balaban J connectivity index is 1.39. The summed E-state index contributed by atoms with van der Waals surface area (Å²) in [5.74, 6) is 0.0272. The number of ether oxygens (including phenoxy) is 2. The third kappa shape index (κ3) is 7.61. The van der Waals surface area contributed by atoms with Gasteiger partial charge in [-0.3, -0.25) is 14.4 Å². The fourth-order valence-electron chi connectivity index (χ4n) is 3.04. The lowest BCUT2D eigenvalue weighted by Gasteiger charge is -2.12. The zero-order chi connectivity index (χ0) is 24.5. The highest BCUT2D eigenvalue weighted by Crippen LogP contribution is 2.29. The average molecular weight is 500 g/mol. The van der Waals surface area contributed by atoms with Crippen molar-refractivity contribution in [3.63, 3.8) is 0 Å². The van der Waals surface area contributed by atoms with E-state index < -0.39 is 12.1 Å². The van der Waals surface area contributed by atoms with Gasteiger partial charge in [0.2, 0.25) is 11.7 Å². The molecule has 0 saturated carbocycles. The first-order valence-corrected chi connectivity index (χ1v) is 11.4.